The number of carboxylic acid groups (broad SMARTS) is 1. The van der Waals surface area contributed by atoms with Crippen LogP contribution in [0.5, 0.6) is 0 Å². The van der Waals surface area contributed by atoms with Gasteiger partial charge in [-0.3, -0.25) is 4.79 Å². The summed E-state index contributed by atoms with van der Waals surface area (Å²) in [6.07, 6.45) is -0.961. The van der Waals surface area contributed by atoms with Crippen LogP contribution in [0, 0.1) is 0 Å². The molecule has 0 aromatic heterocycles. The van der Waals surface area contributed by atoms with Gasteiger partial charge in [0.15, 0.2) is 0 Å². The molecule has 1 amide bonds. The molecule has 0 spiro atoms. The fourth-order valence-corrected chi connectivity index (χ4v) is 1.33. The van der Waals surface area contributed by atoms with Crippen LogP contribution in [0.2, 0.25) is 0 Å². The van der Waals surface area contributed by atoms with Crippen molar-refractivity contribution >= 4 is 12.1 Å². The zero-order valence-electron chi connectivity index (χ0n) is 7.93. The molecular weight excluding hydrogens is 190 g/mol. The molecule has 1 heterocycles. The number of carboxylic acids is 1. The molecule has 1 unspecified atom stereocenters. The molecule has 1 rings (SSSR count). The molecule has 1 saturated heterocycles. The molecule has 1 aliphatic heterocycles. The van der Waals surface area contributed by atoms with Gasteiger partial charge in [-0.15, -0.1) is 0 Å². The Kier molecular flexibility index (Phi) is 3.70. The smallest absolute Gasteiger partial charge is 0.409 e. The zero-order valence-corrected chi connectivity index (χ0v) is 7.93. The standard InChI is InChI=1S/C8H13NO5/c1-13-8(12)9-2-3-14-6(5-9)4-7(10)11/h6H,2-5H2,1H3,(H,10,11). The van der Waals surface area contributed by atoms with Crippen molar-refractivity contribution < 1.29 is 24.2 Å². The van der Waals surface area contributed by atoms with Gasteiger partial charge >= 0.3 is 12.1 Å². The van der Waals surface area contributed by atoms with Crippen LogP contribution in [0.15, 0.2) is 0 Å². The summed E-state index contributed by atoms with van der Waals surface area (Å²) in [6.45, 7) is 1.08. The normalized spacial score (nSPS) is 21.8. The van der Waals surface area contributed by atoms with E-state index in [0.29, 0.717) is 13.2 Å². The molecule has 1 aliphatic rings. The lowest BCUT2D eigenvalue weighted by molar-refractivity contribution is -0.141. The molecular formula is C8H13NO5. The molecule has 1 N–H and O–H groups in total. The van der Waals surface area contributed by atoms with Crippen molar-refractivity contribution in [3.8, 4) is 0 Å². The van der Waals surface area contributed by atoms with Gasteiger partial charge in [-0.05, 0) is 0 Å². The lowest BCUT2D eigenvalue weighted by Crippen LogP contribution is -2.46. The third kappa shape index (κ3) is 2.88. The number of amides is 1. The highest BCUT2D eigenvalue weighted by Gasteiger charge is 2.26. The van der Waals surface area contributed by atoms with Gasteiger partial charge in [-0.25, -0.2) is 4.79 Å². The van der Waals surface area contributed by atoms with Crippen LogP contribution in [0.1, 0.15) is 6.42 Å². The summed E-state index contributed by atoms with van der Waals surface area (Å²) in [4.78, 5) is 22.9. The molecule has 1 fully saturated rings. The van der Waals surface area contributed by atoms with E-state index in [4.69, 9.17) is 9.84 Å². The van der Waals surface area contributed by atoms with Gasteiger partial charge in [-0.2, -0.15) is 0 Å². The predicted molar refractivity (Wildman–Crippen MR) is 46.0 cm³/mol. The van der Waals surface area contributed by atoms with Gasteiger partial charge in [0.05, 0.1) is 32.8 Å². The third-order valence-corrected chi connectivity index (χ3v) is 1.97. The topological polar surface area (TPSA) is 76.1 Å². The van der Waals surface area contributed by atoms with E-state index in [1.54, 1.807) is 0 Å². The summed E-state index contributed by atoms with van der Waals surface area (Å²) < 4.78 is 9.71. The Morgan fingerprint density at radius 1 is 1.64 bits per heavy atom. The second-order valence-corrected chi connectivity index (χ2v) is 3.01. The predicted octanol–water partition coefficient (Wildman–Crippen LogP) is -0.0717. The largest absolute Gasteiger partial charge is 0.481 e. The van der Waals surface area contributed by atoms with Crippen molar-refractivity contribution in [2.24, 2.45) is 0 Å². The molecule has 0 bridgehead atoms. The van der Waals surface area contributed by atoms with E-state index in [1.807, 2.05) is 0 Å². The number of methoxy groups -OCH3 is 1. The average molecular weight is 203 g/mol. The van der Waals surface area contributed by atoms with Crippen molar-refractivity contribution in [2.45, 2.75) is 12.5 Å². The maximum absolute atomic E-state index is 11.1. The first-order valence-electron chi connectivity index (χ1n) is 4.29. The van der Waals surface area contributed by atoms with Crippen molar-refractivity contribution in [1.29, 1.82) is 0 Å². The van der Waals surface area contributed by atoms with Crippen LogP contribution < -0.4 is 0 Å². The summed E-state index contributed by atoms with van der Waals surface area (Å²) in [5, 5.41) is 8.53. The van der Waals surface area contributed by atoms with Crippen LogP contribution >= 0.6 is 0 Å². The minimum Gasteiger partial charge on any atom is -0.481 e. The summed E-state index contributed by atoms with van der Waals surface area (Å²) in [7, 11) is 1.30. The average Bonchev–Trinajstić information content (AvgIpc) is 2.16. The number of morpholine rings is 1. The van der Waals surface area contributed by atoms with Crippen molar-refractivity contribution in [1.82, 2.24) is 4.90 Å². The van der Waals surface area contributed by atoms with E-state index in [0.717, 1.165) is 0 Å². The van der Waals surface area contributed by atoms with Gasteiger partial charge in [0, 0.05) is 6.54 Å². The Bertz CT molecular complexity index is 230. The van der Waals surface area contributed by atoms with Gasteiger partial charge in [0.2, 0.25) is 0 Å². The number of rotatable bonds is 2. The number of hydrogen-bond donors (Lipinski definition) is 1. The van der Waals surface area contributed by atoms with E-state index >= 15 is 0 Å². The van der Waals surface area contributed by atoms with Crippen LogP contribution in [-0.2, 0) is 14.3 Å². The van der Waals surface area contributed by atoms with E-state index in [-0.39, 0.29) is 13.0 Å². The molecule has 6 heteroatoms. The number of aliphatic carboxylic acids is 1. The van der Waals surface area contributed by atoms with E-state index in [9.17, 15) is 9.59 Å². The maximum Gasteiger partial charge on any atom is 0.409 e. The number of carbonyl (C=O) groups excluding carboxylic acids is 1. The first-order chi connectivity index (χ1) is 6.63. The van der Waals surface area contributed by atoms with E-state index in [2.05, 4.69) is 4.74 Å². The number of nitrogens with zero attached hydrogens (tertiary/aromatic N) is 1. The summed E-state index contributed by atoms with van der Waals surface area (Å²) >= 11 is 0. The molecule has 0 aliphatic carbocycles. The highest BCUT2D eigenvalue weighted by Crippen LogP contribution is 2.09. The minimum atomic E-state index is -0.929. The zero-order chi connectivity index (χ0) is 10.6. The Hall–Kier alpha value is -1.30. The van der Waals surface area contributed by atoms with Crippen molar-refractivity contribution in [2.75, 3.05) is 26.8 Å². The highest BCUT2D eigenvalue weighted by molar-refractivity contribution is 5.69. The molecule has 0 saturated carbocycles. The molecule has 1 atom stereocenters. The van der Waals surface area contributed by atoms with Crippen molar-refractivity contribution in [3.05, 3.63) is 0 Å². The second kappa shape index (κ2) is 4.80. The maximum atomic E-state index is 11.1. The Morgan fingerprint density at radius 3 is 2.93 bits per heavy atom. The Morgan fingerprint density at radius 2 is 2.36 bits per heavy atom. The van der Waals surface area contributed by atoms with Gasteiger partial charge in [0.1, 0.15) is 0 Å². The first-order valence-corrected chi connectivity index (χ1v) is 4.29. The molecule has 6 nitrogen and oxygen atoms in total. The number of ether oxygens (including phenoxy) is 2. The summed E-state index contributed by atoms with van der Waals surface area (Å²) in [5.74, 6) is -0.929. The Balaban J connectivity index is 2.43. The molecule has 14 heavy (non-hydrogen) atoms. The molecule has 80 valence electrons. The lowest BCUT2D eigenvalue weighted by Gasteiger charge is -2.31. The van der Waals surface area contributed by atoms with Crippen molar-refractivity contribution in [3.63, 3.8) is 0 Å². The van der Waals surface area contributed by atoms with Gasteiger partial charge in [-0.1, -0.05) is 0 Å². The van der Waals surface area contributed by atoms with E-state index in [1.165, 1.54) is 12.0 Å². The van der Waals surface area contributed by atoms with E-state index < -0.39 is 18.2 Å². The third-order valence-electron chi connectivity index (χ3n) is 1.97. The van der Waals surface area contributed by atoms with Crippen LogP contribution in [0.25, 0.3) is 0 Å². The fraction of sp³-hybridized carbons (Fsp3) is 0.750. The molecule has 0 aromatic rings. The number of carbonyl (C=O) groups is 2. The Labute approximate surface area is 81.4 Å². The summed E-state index contributed by atoms with van der Waals surface area (Å²) in [6, 6.07) is 0. The minimum absolute atomic E-state index is 0.0898. The van der Waals surface area contributed by atoms with Crippen LogP contribution in [0.3, 0.4) is 0 Å². The molecule has 0 aromatic carbocycles. The van der Waals surface area contributed by atoms with Crippen LogP contribution in [-0.4, -0.2) is 55.0 Å². The first kappa shape index (κ1) is 10.8. The molecule has 0 radical (unpaired) electrons. The van der Waals surface area contributed by atoms with Gasteiger partial charge < -0.3 is 19.5 Å². The SMILES string of the molecule is COC(=O)N1CCOC(CC(=O)O)C1. The number of hydrogen-bond acceptors (Lipinski definition) is 4. The monoisotopic (exact) mass is 203 g/mol. The van der Waals surface area contributed by atoms with Gasteiger partial charge in [0.25, 0.3) is 0 Å². The summed E-state index contributed by atoms with van der Waals surface area (Å²) in [5.41, 5.74) is 0. The lowest BCUT2D eigenvalue weighted by atomic mass is 10.2. The quantitative estimate of drug-likeness (QED) is 0.679. The highest BCUT2D eigenvalue weighted by atomic mass is 16.5. The fourth-order valence-electron chi connectivity index (χ4n) is 1.33. The second-order valence-electron chi connectivity index (χ2n) is 3.01. The van der Waals surface area contributed by atoms with Crippen LogP contribution in [0.4, 0.5) is 4.79 Å².